The van der Waals surface area contributed by atoms with Crippen LogP contribution in [0.15, 0.2) is 42.6 Å². The molecule has 3 heterocycles. The van der Waals surface area contributed by atoms with E-state index in [-0.39, 0.29) is 11.9 Å². The highest BCUT2D eigenvalue weighted by Gasteiger charge is 2.28. The van der Waals surface area contributed by atoms with Gasteiger partial charge in [-0.05, 0) is 43.2 Å². The molecule has 4 rings (SSSR count). The first-order chi connectivity index (χ1) is 12.6. The quantitative estimate of drug-likeness (QED) is 0.703. The van der Waals surface area contributed by atoms with E-state index in [2.05, 4.69) is 15.5 Å². The minimum Gasteiger partial charge on any atom is -0.324 e. The van der Waals surface area contributed by atoms with Crippen molar-refractivity contribution in [2.45, 2.75) is 18.8 Å². The predicted octanol–water partition coefficient (Wildman–Crippen LogP) is 4.45. The molecule has 26 heavy (non-hydrogen) atoms. The first kappa shape index (κ1) is 17.1. The second-order valence-electron chi connectivity index (χ2n) is 6.33. The van der Waals surface area contributed by atoms with Gasteiger partial charge in [-0.25, -0.2) is 4.79 Å². The van der Waals surface area contributed by atoms with Gasteiger partial charge in [0.2, 0.25) is 0 Å². The van der Waals surface area contributed by atoms with Crippen molar-refractivity contribution in [3.8, 4) is 0 Å². The number of amides is 2. The second kappa shape index (κ2) is 7.13. The summed E-state index contributed by atoms with van der Waals surface area (Å²) in [6, 6.07) is 10.7. The third-order valence-electron chi connectivity index (χ3n) is 4.58. The molecule has 0 spiro atoms. The average molecular weight is 390 g/mol. The molecule has 1 aromatic carbocycles. The monoisotopic (exact) mass is 389 g/mol. The van der Waals surface area contributed by atoms with Crippen molar-refractivity contribution >= 4 is 40.6 Å². The SMILES string of the molecule is O=C(Nc1ccc(Cl)c(Cl)c1)N1CCC[C@@H](c2nnc3ccccn23)C1. The molecule has 0 aliphatic carbocycles. The number of pyridine rings is 1. The van der Waals surface area contributed by atoms with Crippen LogP contribution in [0, 0.1) is 0 Å². The van der Waals surface area contributed by atoms with Gasteiger partial charge in [0.25, 0.3) is 0 Å². The maximum absolute atomic E-state index is 12.6. The average Bonchev–Trinajstić information content (AvgIpc) is 3.09. The second-order valence-corrected chi connectivity index (χ2v) is 7.15. The molecular formula is C18H17Cl2N5O. The summed E-state index contributed by atoms with van der Waals surface area (Å²) >= 11 is 11.9. The summed E-state index contributed by atoms with van der Waals surface area (Å²) in [6.07, 6.45) is 3.85. The Balaban J connectivity index is 1.49. The lowest BCUT2D eigenvalue weighted by Gasteiger charge is -2.32. The Hall–Kier alpha value is -2.31. The molecule has 134 valence electrons. The fraction of sp³-hybridized carbons (Fsp3) is 0.278. The third kappa shape index (κ3) is 3.34. The van der Waals surface area contributed by atoms with E-state index in [4.69, 9.17) is 23.2 Å². The zero-order chi connectivity index (χ0) is 18.1. The Kier molecular flexibility index (Phi) is 4.70. The number of anilines is 1. The first-order valence-electron chi connectivity index (χ1n) is 8.42. The summed E-state index contributed by atoms with van der Waals surface area (Å²) in [5, 5.41) is 12.3. The van der Waals surface area contributed by atoms with Gasteiger partial charge in [-0.2, -0.15) is 0 Å². The molecule has 8 heteroatoms. The van der Waals surface area contributed by atoms with Crippen LogP contribution in [0.5, 0.6) is 0 Å². The summed E-state index contributed by atoms with van der Waals surface area (Å²) in [6.45, 7) is 1.31. The molecule has 0 radical (unpaired) electrons. The fourth-order valence-corrected chi connectivity index (χ4v) is 3.59. The van der Waals surface area contributed by atoms with Gasteiger partial charge in [0.15, 0.2) is 5.65 Å². The lowest BCUT2D eigenvalue weighted by atomic mass is 9.97. The number of benzene rings is 1. The number of rotatable bonds is 2. The lowest BCUT2D eigenvalue weighted by molar-refractivity contribution is 0.191. The summed E-state index contributed by atoms with van der Waals surface area (Å²) < 4.78 is 1.99. The number of piperidine rings is 1. The Labute approximate surface area is 160 Å². The van der Waals surface area contributed by atoms with Crippen molar-refractivity contribution in [3.63, 3.8) is 0 Å². The molecule has 1 fully saturated rings. The smallest absolute Gasteiger partial charge is 0.321 e. The van der Waals surface area contributed by atoms with Gasteiger partial charge in [-0.1, -0.05) is 29.3 Å². The molecule has 2 aromatic heterocycles. The molecule has 0 saturated carbocycles. The largest absolute Gasteiger partial charge is 0.324 e. The van der Waals surface area contributed by atoms with Gasteiger partial charge < -0.3 is 10.2 Å². The lowest BCUT2D eigenvalue weighted by Crippen LogP contribution is -2.42. The summed E-state index contributed by atoms with van der Waals surface area (Å²) in [5.41, 5.74) is 1.44. The van der Waals surface area contributed by atoms with Gasteiger partial charge in [-0.15, -0.1) is 10.2 Å². The first-order valence-corrected chi connectivity index (χ1v) is 9.18. The van der Waals surface area contributed by atoms with E-state index in [1.165, 1.54) is 0 Å². The number of carbonyl (C=O) groups excluding carboxylic acids is 1. The number of carbonyl (C=O) groups is 1. The van der Waals surface area contributed by atoms with Crippen molar-refractivity contribution < 1.29 is 4.79 Å². The molecule has 1 aliphatic heterocycles. The standard InChI is InChI=1S/C18H17Cl2N5O/c19-14-7-6-13(10-15(14)20)21-18(26)24-8-3-4-12(11-24)17-23-22-16-5-1-2-9-25(16)17/h1-2,5-7,9-10,12H,3-4,8,11H2,(H,21,26)/t12-/m1/s1. The Morgan fingerprint density at radius 2 is 2.04 bits per heavy atom. The van der Waals surface area contributed by atoms with Crippen LogP contribution in [0.1, 0.15) is 24.6 Å². The number of aromatic nitrogens is 3. The van der Waals surface area contributed by atoms with Crippen LogP contribution < -0.4 is 5.32 Å². The zero-order valence-corrected chi connectivity index (χ0v) is 15.4. The van der Waals surface area contributed by atoms with E-state index >= 15 is 0 Å². The normalized spacial score (nSPS) is 17.5. The van der Waals surface area contributed by atoms with E-state index in [0.717, 1.165) is 24.3 Å². The van der Waals surface area contributed by atoms with E-state index in [1.807, 2.05) is 28.8 Å². The van der Waals surface area contributed by atoms with Crippen LogP contribution in [-0.4, -0.2) is 38.6 Å². The molecule has 1 aliphatic rings. The molecule has 3 aromatic rings. The number of likely N-dealkylation sites (tertiary alicyclic amines) is 1. The number of hydrogen-bond acceptors (Lipinski definition) is 3. The molecule has 1 atom stereocenters. The molecule has 0 bridgehead atoms. The van der Waals surface area contributed by atoms with Gasteiger partial charge in [0, 0.05) is 30.9 Å². The van der Waals surface area contributed by atoms with Gasteiger partial charge in [-0.3, -0.25) is 4.40 Å². The van der Waals surface area contributed by atoms with Crippen LogP contribution in [0.4, 0.5) is 10.5 Å². The van der Waals surface area contributed by atoms with Crippen molar-refractivity contribution in [2.75, 3.05) is 18.4 Å². The third-order valence-corrected chi connectivity index (χ3v) is 5.32. The Morgan fingerprint density at radius 1 is 1.15 bits per heavy atom. The highest BCUT2D eigenvalue weighted by molar-refractivity contribution is 6.42. The summed E-state index contributed by atoms with van der Waals surface area (Å²) in [5.74, 6) is 1.05. The van der Waals surface area contributed by atoms with Crippen LogP contribution >= 0.6 is 23.2 Å². The summed E-state index contributed by atoms with van der Waals surface area (Å²) in [4.78, 5) is 14.4. The van der Waals surface area contributed by atoms with Crippen LogP contribution in [0.25, 0.3) is 5.65 Å². The number of nitrogens with one attached hydrogen (secondary N) is 1. The van der Waals surface area contributed by atoms with Crippen LogP contribution in [-0.2, 0) is 0 Å². The van der Waals surface area contributed by atoms with Crippen molar-refractivity contribution in [2.24, 2.45) is 0 Å². The zero-order valence-electron chi connectivity index (χ0n) is 13.9. The Bertz CT molecular complexity index is 958. The molecule has 6 nitrogen and oxygen atoms in total. The van der Waals surface area contributed by atoms with E-state index < -0.39 is 0 Å². The fourth-order valence-electron chi connectivity index (χ4n) is 3.29. The van der Waals surface area contributed by atoms with E-state index in [0.29, 0.717) is 28.8 Å². The highest BCUT2D eigenvalue weighted by atomic mass is 35.5. The van der Waals surface area contributed by atoms with Gasteiger partial charge in [0.1, 0.15) is 5.82 Å². The van der Waals surface area contributed by atoms with Crippen LogP contribution in [0.3, 0.4) is 0 Å². The minimum absolute atomic E-state index is 0.151. The van der Waals surface area contributed by atoms with Crippen LogP contribution in [0.2, 0.25) is 10.0 Å². The maximum Gasteiger partial charge on any atom is 0.321 e. The highest BCUT2D eigenvalue weighted by Crippen LogP contribution is 2.28. The number of fused-ring (bicyclic) bond motifs is 1. The van der Waals surface area contributed by atoms with E-state index in [1.54, 1.807) is 23.1 Å². The summed E-state index contributed by atoms with van der Waals surface area (Å²) in [7, 11) is 0. The molecule has 1 saturated heterocycles. The maximum atomic E-state index is 12.6. The molecular weight excluding hydrogens is 373 g/mol. The van der Waals surface area contributed by atoms with Crippen molar-refractivity contribution in [1.29, 1.82) is 0 Å². The number of hydrogen-bond donors (Lipinski definition) is 1. The number of urea groups is 1. The Morgan fingerprint density at radius 3 is 2.88 bits per heavy atom. The predicted molar refractivity (Wildman–Crippen MR) is 102 cm³/mol. The topological polar surface area (TPSA) is 62.5 Å². The molecule has 2 amide bonds. The molecule has 1 N–H and O–H groups in total. The number of halogens is 2. The molecule has 0 unspecified atom stereocenters. The van der Waals surface area contributed by atoms with Gasteiger partial charge >= 0.3 is 6.03 Å². The van der Waals surface area contributed by atoms with Gasteiger partial charge in [0.05, 0.1) is 10.0 Å². The minimum atomic E-state index is -0.151. The van der Waals surface area contributed by atoms with Crippen molar-refractivity contribution in [1.82, 2.24) is 19.5 Å². The van der Waals surface area contributed by atoms with Crippen molar-refractivity contribution in [3.05, 3.63) is 58.5 Å². The van der Waals surface area contributed by atoms with E-state index in [9.17, 15) is 4.79 Å². The number of nitrogens with zero attached hydrogens (tertiary/aromatic N) is 4.